The predicted molar refractivity (Wildman–Crippen MR) is 96.1 cm³/mol. The second kappa shape index (κ2) is 10.4. The average molecular weight is 394 g/mol. The molecule has 1 aromatic rings. The van der Waals surface area contributed by atoms with Gasteiger partial charge in [-0.3, -0.25) is 4.90 Å². The van der Waals surface area contributed by atoms with E-state index in [4.69, 9.17) is 9.47 Å². The topological polar surface area (TPSA) is 33.7 Å². The highest BCUT2D eigenvalue weighted by atomic mass is 79.9. The van der Waals surface area contributed by atoms with E-state index in [1.807, 2.05) is 19.1 Å². The lowest BCUT2D eigenvalue weighted by molar-refractivity contribution is 0.109. The standard InChI is InChI=1S/C16H25BrN2O2.ClH/c1-3-20-8-9-21-16-5-4-15(17)10-14(16)12-19-7-6-18-13(2)11-19;/h4-5,10,13,18H,3,6-9,11-12H2,1-2H3;1H. The minimum atomic E-state index is 0. The normalized spacial score (nSPS) is 18.8. The highest BCUT2D eigenvalue weighted by Crippen LogP contribution is 2.25. The van der Waals surface area contributed by atoms with E-state index in [2.05, 4.69) is 39.1 Å². The Kier molecular flexibility index (Phi) is 9.36. The molecule has 0 radical (unpaired) electrons. The summed E-state index contributed by atoms with van der Waals surface area (Å²) in [6.45, 7) is 10.3. The Morgan fingerprint density at radius 3 is 2.91 bits per heavy atom. The van der Waals surface area contributed by atoms with E-state index < -0.39 is 0 Å². The van der Waals surface area contributed by atoms with Crippen LogP contribution in [0.3, 0.4) is 0 Å². The molecule has 1 N–H and O–H groups in total. The van der Waals surface area contributed by atoms with Gasteiger partial charge in [0.25, 0.3) is 0 Å². The summed E-state index contributed by atoms with van der Waals surface area (Å²) in [4.78, 5) is 2.47. The van der Waals surface area contributed by atoms with E-state index in [9.17, 15) is 0 Å². The molecule has 0 aromatic heterocycles. The number of ether oxygens (including phenoxy) is 2. The molecule has 0 bridgehead atoms. The molecule has 0 aliphatic carbocycles. The maximum Gasteiger partial charge on any atom is 0.123 e. The van der Waals surface area contributed by atoms with Crippen LogP contribution in [-0.4, -0.2) is 50.4 Å². The molecule has 6 heteroatoms. The van der Waals surface area contributed by atoms with E-state index in [1.165, 1.54) is 5.56 Å². The first kappa shape index (κ1) is 19.7. The number of nitrogens with one attached hydrogen (secondary N) is 1. The third kappa shape index (κ3) is 6.42. The minimum absolute atomic E-state index is 0. The molecule has 1 fully saturated rings. The van der Waals surface area contributed by atoms with E-state index in [0.717, 1.165) is 43.0 Å². The van der Waals surface area contributed by atoms with Gasteiger partial charge in [-0.15, -0.1) is 12.4 Å². The molecule has 1 unspecified atom stereocenters. The van der Waals surface area contributed by atoms with E-state index in [-0.39, 0.29) is 12.4 Å². The Bertz CT molecular complexity index is 448. The van der Waals surface area contributed by atoms with Gasteiger partial charge < -0.3 is 14.8 Å². The highest BCUT2D eigenvalue weighted by Gasteiger charge is 2.17. The van der Waals surface area contributed by atoms with Gasteiger partial charge in [0.15, 0.2) is 0 Å². The molecule has 1 atom stereocenters. The average Bonchev–Trinajstić information content (AvgIpc) is 2.45. The highest BCUT2D eigenvalue weighted by molar-refractivity contribution is 9.10. The molecule has 1 saturated heterocycles. The first-order valence-electron chi connectivity index (χ1n) is 7.63. The van der Waals surface area contributed by atoms with Crippen LogP contribution in [0.5, 0.6) is 5.75 Å². The molecule has 2 rings (SSSR count). The first-order chi connectivity index (χ1) is 10.2. The van der Waals surface area contributed by atoms with Crippen LogP contribution in [0.1, 0.15) is 19.4 Å². The summed E-state index contributed by atoms with van der Waals surface area (Å²) in [7, 11) is 0. The number of benzene rings is 1. The molecule has 4 nitrogen and oxygen atoms in total. The second-order valence-corrected chi connectivity index (χ2v) is 6.30. The van der Waals surface area contributed by atoms with Crippen molar-refractivity contribution in [2.45, 2.75) is 26.4 Å². The van der Waals surface area contributed by atoms with Crippen LogP contribution in [0.15, 0.2) is 22.7 Å². The molecule has 0 amide bonds. The molecular weight excluding hydrogens is 368 g/mol. The van der Waals surface area contributed by atoms with Gasteiger partial charge in [0.1, 0.15) is 12.4 Å². The second-order valence-electron chi connectivity index (χ2n) is 5.39. The van der Waals surface area contributed by atoms with Gasteiger partial charge in [-0.2, -0.15) is 0 Å². The summed E-state index contributed by atoms with van der Waals surface area (Å²) in [5.41, 5.74) is 1.23. The third-order valence-electron chi connectivity index (χ3n) is 3.56. The zero-order chi connectivity index (χ0) is 15.1. The van der Waals surface area contributed by atoms with Crippen molar-refractivity contribution in [1.29, 1.82) is 0 Å². The van der Waals surface area contributed by atoms with Crippen LogP contribution in [0.2, 0.25) is 0 Å². The summed E-state index contributed by atoms with van der Waals surface area (Å²) in [5, 5.41) is 3.47. The molecule has 1 aliphatic heterocycles. The van der Waals surface area contributed by atoms with Crippen molar-refractivity contribution in [1.82, 2.24) is 10.2 Å². The summed E-state index contributed by atoms with van der Waals surface area (Å²) in [6, 6.07) is 6.77. The maximum absolute atomic E-state index is 5.87. The smallest absolute Gasteiger partial charge is 0.123 e. The Labute approximate surface area is 148 Å². The van der Waals surface area contributed by atoms with Gasteiger partial charge in [-0.05, 0) is 32.0 Å². The van der Waals surface area contributed by atoms with Gasteiger partial charge in [0, 0.05) is 48.9 Å². The fraction of sp³-hybridized carbons (Fsp3) is 0.625. The Hall–Kier alpha value is -0.330. The lowest BCUT2D eigenvalue weighted by Gasteiger charge is -2.32. The largest absolute Gasteiger partial charge is 0.491 e. The lowest BCUT2D eigenvalue weighted by atomic mass is 10.1. The zero-order valence-corrected chi connectivity index (χ0v) is 15.7. The number of hydrogen-bond acceptors (Lipinski definition) is 4. The van der Waals surface area contributed by atoms with Gasteiger partial charge in [0.2, 0.25) is 0 Å². The van der Waals surface area contributed by atoms with Gasteiger partial charge >= 0.3 is 0 Å². The third-order valence-corrected chi connectivity index (χ3v) is 4.05. The fourth-order valence-electron chi connectivity index (χ4n) is 2.56. The van der Waals surface area contributed by atoms with Crippen molar-refractivity contribution < 1.29 is 9.47 Å². The number of halogens is 2. The van der Waals surface area contributed by atoms with Gasteiger partial charge in [-0.1, -0.05) is 15.9 Å². The zero-order valence-electron chi connectivity index (χ0n) is 13.3. The summed E-state index contributed by atoms with van der Waals surface area (Å²) in [6.07, 6.45) is 0. The number of hydrogen-bond donors (Lipinski definition) is 1. The molecule has 1 aromatic carbocycles. The molecule has 1 heterocycles. The molecular formula is C16H26BrClN2O2. The number of nitrogens with zero attached hydrogens (tertiary/aromatic N) is 1. The fourth-order valence-corrected chi connectivity index (χ4v) is 2.97. The SMILES string of the molecule is CCOCCOc1ccc(Br)cc1CN1CCNC(C)C1.Cl. The monoisotopic (exact) mass is 392 g/mol. The first-order valence-corrected chi connectivity index (χ1v) is 8.43. The van der Waals surface area contributed by atoms with Crippen LogP contribution in [0, 0.1) is 0 Å². The number of piperazine rings is 1. The van der Waals surface area contributed by atoms with Crippen molar-refractivity contribution in [2.75, 3.05) is 39.5 Å². The maximum atomic E-state index is 5.87. The van der Waals surface area contributed by atoms with Crippen LogP contribution < -0.4 is 10.1 Å². The van der Waals surface area contributed by atoms with Crippen LogP contribution >= 0.6 is 28.3 Å². The summed E-state index contributed by atoms with van der Waals surface area (Å²) in [5.74, 6) is 0.962. The Balaban J connectivity index is 0.00000242. The van der Waals surface area contributed by atoms with Crippen molar-refractivity contribution >= 4 is 28.3 Å². The van der Waals surface area contributed by atoms with Crippen molar-refractivity contribution in [3.63, 3.8) is 0 Å². The van der Waals surface area contributed by atoms with Crippen molar-refractivity contribution in [3.05, 3.63) is 28.2 Å². The van der Waals surface area contributed by atoms with Crippen LogP contribution in [0.25, 0.3) is 0 Å². The van der Waals surface area contributed by atoms with E-state index in [1.54, 1.807) is 0 Å². The lowest BCUT2D eigenvalue weighted by Crippen LogP contribution is -2.48. The number of rotatable bonds is 7. The van der Waals surface area contributed by atoms with Crippen molar-refractivity contribution in [3.8, 4) is 5.75 Å². The molecule has 0 spiro atoms. The predicted octanol–water partition coefficient (Wildman–Crippen LogP) is 3.08. The Morgan fingerprint density at radius 1 is 1.36 bits per heavy atom. The molecule has 22 heavy (non-hydrogen) atoms. The van der Waals surface area contributed by atoms with Gasteiger partial charge in [-0.25, -0.2) is 0 Å². The Morgan fingerprint density at radius 2 is 2.18 bits per heavy atom. The van der Waals surface area contributed by atoms with Crippen LogP contribution in [-0.2, 0) is 11.3 Å². The van der Waals surface area contributed by atoms with E-state index >= 15 is 0 Å². The van der Waals surface area contributed by atoms with E-state index in [0.29, 0.717) is 19.3 Å². The quantitative estimate of drug-likeness (QED) is 0.722. The molecule has 0 saturated carbocycles. The van der Waals surface area contributed by atoms with Crippen molar-refractivity contribution in [2.24, 2.45) is 0 Å². The summed E-state index contributed by atoms with van der Waals surface area (Å²) >= 11 is 3.55. The van der Waals surface area contributed by atoms with Gasteiger partial charge in [0.05, 0.1) is 6.61 Å². The molecule has 126 valence electrons. The minimum Gasteiger partial charge on any atom is -0.491 e. The van der Waals surface area contributed by atoms with Crippen LogP contribution in [0.4, 0.5) is 0 Å². The summed E-state index contributed by atoms with van der Waals surface area (Å²) < 4.78 is 12.3. The molecule has 1 aliphatic rings.